The van der Waals surface area contributed by atoms with Crippen molar-refractivity contribution in [2.45, 2.75) is 32.8 Å². The van der Waals surface area contributed by atoms with E-state index in [1.807, 2.05) is 13.8 Å². The second-order valence-electron chi connectivity index (χ2n) is 4.81. The monoisotopic (exact) mass is 271 g/mol. The molecule has 2 atom stereocenters. The normalized spacial score (nSPS) is 14.3. The summed E-state index contributed by atoms with van der Waals surface area (Å²) in [5.41, 5.74) is -0.0499. The number of methoxy groups -OCH3 is 1. The van der Waals surface area contributed by atoms with Crippen LogP contribution in [-0.2, 0) is 0 Å². The van der Waals surface area contributed by atoms with Crippen LogP contribution in [-0.4, -0.2) is 23.2 Å². The molecular weight excluding hydrogens is 253 g/mol. The zero-order valence-corrected chi connectivity index (χ0v) is 11.4. The highest BCUT2D eigenvalue weighted by atomic mass is 19.1. The van der Waals surface area contributed by atoms with Gasteiger partial charge in [0.05, 0.1) is 24.2 Å². The largest absolute Gasteiger partial charge is 0.494 e. The maximum Gasteiger partial charge on any atom is 0.276 e. The summed E-state index contributed by atoms with van der Waals surface area (Å²) in [5, 5.41) is 20.9. The maximum atomic E-state index is 13.6. The van der Waals surface area contributed by atoms with Crippen molar-refractivity contribution in [2.24, 2.45) is 5.92 Å². The molecule has 0 aromatic heterocycles. The van der Waals surface area contributed by atoms with Gasteiger partial charge in [-0.3, -0.25) is 10.1 Å². The van der Waals surface area contributed by atoms with Gasteiger partial charge in [0.1, 0.15) is 0 Å². The molecule has 0 amide bonds. The van der Waals surface area contributed by atoms with Crippen molar-refractivity contribution in [2.75, 3.05) is 7.11 Å². The second-order valence-corrected chi connectivity index (χ2v) is 4.81. The van der Waals surface area contributed by atoms with E-state index in [-0.39, 0.29) is 22.9 Å². The number of nitro groups is 1. The first kappa shape index (κ1) is 15.4. The Morgan fingerprint density at radius 1 is 1.37 bits per heavy atom. The minimum atomic E-state index is -0.786. The Hall–Kier alpha value is -1.69. The minimum absolute atomic E-state index is 0.0335. The van der Waals surface area contributed by atoms with Gasteiger partial charge in [-0.2, -0.15) is 0 Å². The number of nitro benzene ring substituents is 1. The molecule has 19 heavy (non-hydrogen) atoms. The third-order valence-electron chi connectivity index (χ3n) is 3.09. The Bertz CT molecular complexity index is 466. The first-order valence-electron chi connectivity index (χ1n) is 5.99. The van der Waals surface area contributed by atoms with Crippen LogP contribution >= 0.6 is 0 Å². The highest BCUT2D eigenvalue weighted by Crippen LogP contribution is 2.37. The number of aliphatic hydroxyl groups is 1. The number of rotatable bonds is 5. The molecular formula is C13H18FNO4. The van der Waals surface area contributed by atoms with Crippen LogP contribution in [0, 0.1) is 21.8 Å². The molecule has 0 aliphatic rings. The summed E-state index contributed by atoms with van der Waals surface area (Å²) in [5.74, 6) is -1.35. The smallest absolute Gasteiger partial charge is 0.276 e. The molecule has 1 aromatic carbocycles. The maximum absolute atomic E-state index is 13.6. The number of halogens is 1. The summed E-state index contributed by atoms with van der Waals surface area (Å²) in [7, 11) is 1.29. The minimum Gasteiger partial charge on any atom is -0.494 e. The fourth-order valence-corrected chi connectivity index (χ4v) is 2.32. The SMILES string of the molecule is COc1cc(C(C(C)C)C(C)O)c([N+](=O)[O-])cc1F. The molecule has 106 valence electrons. The summed E-state index contributed by atoms with van der Waals surface area (Å²) in [4.78, 5) is 10.4. The quantitative estimate of drug-likeness (QED) is 0.660. The number of hydrogen-bond acceptors (Lipinski definition) is 4. The Labute approximate surface area is 111 Å². The summed E-state index contributed by atoms with van der Waals surface area (Å²) in [6, 6.07) is 2.14. The van der Waals surface area contributed by atoms with Gasteiger partial charge in [-0.25, -0.2) is 4.39 Å². The third-order valence-corrected chi connectivity index (χ3v) is 3.09. The zero-order chi connectivity index (χ0) is 14.7. The first-order chi connectivity index (χ1) is 8.79. The van der Waals surface area contributed by atoms with Crippen LogP contribution in [0.1, 0.15) is 32.3 Å². The zero-order valence-electron chi connectivity index (χ0n) is 11.4. The van der Waals surface area contributed by atoms with Crippen molar-refractivity contribution >= 4 is 5.69 Å². The Kier molecular flexibility index (Phi) is 4.83. The molecule has 0 aliphatic carbocycles. The van der Waals surface area contributed by atoms with Gasteiger partial charge in [0.15, 0.2) is 11.6 Å². The summed E-state index contributed by atoms with van der Waals surface area (Å²) in [6.45, 7) is 5.25. The van der Waals surface area contributed by atoms with Crippen LogP contribution in [0.4, 0.5) is 10.1 Å². The van der Waals surface area contributed by atoms with E-state index in [0.717, 1.165) is 6.07 Å². The summed E-state index contributed by atoms with van der Waals surface area (Å²) < 4.78 is 18.4. The van der Waals surface area contributed by atoms with E-state index in [9.17, 15) is 19.6 Å². The Morgan fingerprint density at radius 3 is 2.32 bits per heavy atom. The van der Waals surface area contributed by atoms with Gasteiger partial charge in [-0.15, -0.1) is 0 Å². The van der Waals surface area contributed by atoms with E-state index in [2.05, 4.69) is 0 Å². The van der Waals surface area contributed by atoms with Gasteiger partial charge in [-0.1, -0.05) is 13.8 Å². The lowest BCUT2D eigenvalue weighted by atomic mass is 9.83. The molecule has 0 saturated carbocycles. The van der Waals surface area contributed by atoms with Crippen LogP contribution in [0.3, 0.4) is 0 Å². The molecule has 1 N–H and O–H groups in total. The first-order valence-corrected chi connectivity index (χ1v) is 5.99. The Morgan fingerprint density at radius 2 is 1.95 bits per heavy atom. The molecule has 0 saturated heterocycles. The molecule has 0 spiro atoms. The molecule has 1 aromatic rings. The van der Waals surface area contributed by atoms with Crippen molar-refractivity contribution in [3.8, 4) is 5.75 Å². The molecule has 1 rings (SSSR count). The number of hydrogen-bond donors (Lipinski definition) is 1. The van der Waals surface area contributed by atoms with Gasteiger partial charge >= 0.3 is 0 Å². The highest BCUT2D eigenvalue weighted by Gasteiger charge is 2.30. The Balaban J connectivity index is 3.49. The lowest BCUT2D eigenvalue weighted by Gasteiger charge is -2.24. The molecule has 0 aliphatic heterocycles. The highest BCUT2D eigenvalue weighted by molar-refractivity contribution is 5.48. The van der Waals surface area contributed by atoms with Gasteiger partial charge in [0.2, 0.25) is 0 Å². The fourth-order valence-electron chi connectivity index (χ4n) is 2.32. The molecule has 2 unspecified atom stereocenters. The lowest BCUT2D eigenvalue weighted by Crippen LogP contribution is -2.21. The second kappa shape index (κ2) is 5.97. The lowest BCUT2D eigenvalue weighted by molar-refractivity contribution is -0.386. The third kappa shape index (κ3) is 3.20. The average Bonchev–Trinajstić information content (AvgIpc) is 2.29. The van der Waals surface area contributed by atoms with Gasteiger partial charge in [-0.05, 0) is 18.9 Å². The molecule has 0 heterocycles. The topological polar surface area (TPSA) is 72.6 Å². The molecule has 0 bridgehead atoms. The van der Waals surface area contributed by atoms with Gasteiger partial charge < -0.3 is 9.84 Å². The van der Waals surface area contributed by atoms with Crippen LogP contribution in [0.15, 0.2) is 12.1 Å². The predicted octanol–water partition coefficient (Wildman–Crippen LogP) is 2.86. The number of ether oxygens (including phenoxy) is 1. The van der Waals surface area contributed by atoms with E-state index in [1.54, 1.807) is 6.92 Å². The number of nitrogens with zero attached hydrogens (tertiary/aromatic N) is 1. The standard InChI is InChI=1S/C13H18FNO4/c1-7(2)13(8(3)16)9-5-12(19-4)10(14)6-11(9)15(17)18/h5-8,13,16H,1-4H3. The van der Waals surface area contributed by atoms with Crippen molar-refractivity contribution in [3.63, 3.8) is 0 Å². The molecule has 5 nitrogen and oxygen atoms in total. The molecule has 0 fully saturated rings. The predicted molar refractivity (Wildman–Crippen MR) is 68.9 cm³/mol. The van der Waals surface area contributed by atoms with E-state index < -0.39 is 22.8 Å². The fraction of sp³-hybridized carbons (Fsp3) is 0.538. The van der Waals surface area contributed by atoms with Crippen molar-refractivity contribution in [1.29, 1.82) is 0 Å². The van der Waals surface area contributed by atoms with Gasteiger partial charge in [0, 0.05) is 11.5 Å². The van der Waals surface area contributed by atoms with Crippen molar-refractivity contribution in [3.05, 3.63) is 33.6 Å². The van der Waals surface area contributed by atoms with Crippen LogP contribution < -0.4 is 4.74 Å². The average molecular weight is 271 g/mol. The van der Waals surface area contributed by atoms with E-state index >= 15 is 0 Å². The van der Waals surface area contributed by atoms with Crippen LogP contribution in [0.5, 0.6) is 5.75 Å². The number of aliphatic hydroxyl groups excluding tert-OH is 1. The number of benzene rings is 1. The van der Waals surface area contributed by atoms with Gasteiger partial charge in [0.25, 0.3) is 5.69 Å². The van der Waals surface area contributed by atoms with E-state index in [1.165, 1.54) is 13.2 Å². The van der Waals surface area contributed by atoms with E-state index in [4.69, 9.17) is 4.74 Å². The summed E-state index contributed by atoms with van der Waals surface area (Å²) >= 11 is 0. The molecule has 0 radical (unpaired) electrons. The molecule has 6 heteroatoms. The van der Waals surface area contributed by atoms with Crippen LogP contribution in [0.25, 0.3) is 0 Å². The van der Waals surface area contributed by atoms with Crippen molar-refractivity contribution in [1.82, 2.24) is 0 Å². The van der Waals surface area contributed by atoms with E-state index in [0.29, 0.717) is 0 Å². The van der Waals surface area contributed by atoms with Crippen LogP contribution in [0.2, 0.25) is 0 Å². The summed E-state index contributed by atoms with van der Waals surface area (Å²) in [6.07, 6.45) is -0.783. The van der Waals surface area contributed by atoms with Crippen molar-refractivity contribution < 1.29 is 19.2 Å².